The molecule has 1 saturated heterocycles. The molecule has 4 heteroatoms. The normalized spacial score (nSPS) is 18.4. The second-order valence-corrected chi connectivity index (χ2v) is 5.91. The van der Waals surface area contributed by atoms with Gasteiger partial charge < -0.3 is 5.32 Å². The van der Waals surface area contributed by atoms with Crippen LogP contribution in [0.1, 0.15) is 38.3 Å². The molecule has 0 aliphatic carbocycles. The highest BCUT2D eigenvalue weighted by atomic mass is 19.1. The second-order valence-electron chi connectivity index (χ2n) is 5.91. The maximum atomic E-state index is 14.1. The lowest BCUT2D eigenvalue weighted by molar-refractivity contribution is 0.153. The maximum Gasteiger partial charge on any atom is 0.130 e. The van der Waals surface area contributed by atoms with Crippen molar-refractivity contribution in [3.8, 4) is 0 Å². The lowest BCUT2D eigenvalue weighted by Crippen LogP contribution is -2.45. The zero-order valence-electron chi connectivity index (χ0n) is 12.3. The summed E-state index contributed by atoms with van der Waals surface area (Å²) in [5.74, 6) is -0.301. The molecule has 1 aromatic rings. The van der Waals surface area contributed by atoms with Crippen molar-refractivity contribution in [1.29, 1.82) is 0 Å². The van der Waals surface area contributed by atoms with Crippen LogP contribution in [0.15, 0.2) is 18.2 Å². The molecule has 1 aromatic carbocycles. The molecule has 2 nitrogen and oxygen atoms in total. The zero-order chi connectivity index (χ0) is 14.5. The average molecular weight is 282 g/mol. The van der Waals surface area contributed by atoms with E-state index in [4.69, 9.17) is 0 Å². The van der Waals surface area contributed by atoms with Crippen LogP contribution in [0.5, 0.6) is 0 Å². The first-order chi connectivity index (χ1) is 9.59. The van der Waals surface area contributed by atoms with Crippen molar-refractivity contribution in [3.05, 3.63) is 35.4 Å². The molecule has 1 aliphatic heterocycles. The molecule has 1 heterocycles. The molecule has 0 unspecified atom stereocenters. The Morgan fingerprint density at radius 1 is 1.10 bits per heavy atom. The highest BCUT2D eigenvalue weighted by molar-refractivity contribution is 5.23. The summed E-state index contributed by atoms with van der Waals surface area (Å²) < 4.78 is 28.2. The smallest absolute Gasteiger partial charge is 0.130 e. The Hall–Kier alpha value is -1.00. The summed E-state index contributed by atoms with van der Waals surface area (Å²) in [4.78, 5) is 2.21. The summed E-state index contributed by atoms with van der Waals surface area (Å²) in [6.45, 7) is 7.74. The van der Waals surface area contributed by atoms with E-state index in [2.05, 4.69) is 24.1 Å². The van der Waals surface area contributed by atoms with E-state index >= 15 is 0 Å². The third-order valence-electron chi connectivity index (χ3n) is 3.94. The Bertz CT molecular complexity index is 408. The van der Waals surface area contributed by atoms with Crippen molar-refractivity contribution in [2.45, 2.75) is 32.7 Å². The van der Waals surface area contributed by atoms with Gasteiger partial charge in [-0.05, 0) is 30.9 Å². The fourth-order valence-corrected chi connectivity index (χ4v) is 2.82. The van der Waals surface area contributed by atoms with Crippen molar-refractivity contribution < 1.29 is 8.78 Å². The van der Waals surface area contributed by atoms with Gasteiger partial charge in [-0.1, -0.05) is 19.9 Å². The molecule has 1 aliphatic rings. The number of benzene rings is 1. The predicted octanol–water partition coefficient (Wildman–Crippen LogP) is 3.35. The van der Waals surface area contributed by atoms with Gasteiger partial charge in [0.05, 0.1) is 0 Å². The van der Waals surface area contributed by atoms with Crippen molar-refractivity contribution >= 4 is 0 Å². The van der Waals surface area contributed by atoms with E-state index in [0.717, 1.165) is 39.0 Å². The minimum Gasteiger partial charge on any atom is -0.314 e. The molecule has 0 saturated carbocycles. The number of piperazine rings is 1. The van der Waals surface area contributed by atoms with Crippen LogP contribution < -0.4 is 5.32 Å². The number of nitrogens with one attached hydrogen (secondary N) is 1. The van der Waals surface area contributed by atoms with Crippen LogP contribution in [0.3, 0.4) is 0 Å². The molecule has 112 valence electrons. The lowest BCUT2D eigenvalue weighted by Gasteiger charge is -2.36. The number of hydrogen-bond acceptors (Lipinski definition) is 2. The standard InChI is InChI=1S/C16H24F2N2/c1-12(2)6-7-15(20-10-8-19-9-11-20)16-13(17)4-3-5-14(16)18/h3-5,12,15,19H,6-11H2,1-2H3/t15-/m0/s1. The highest BCUT2D eigenvalue weighted by Gasteiger charge is 2.27. The molecule has 0 spiro atoms. The van der Waals surface area contributed by atoms with Gasteiger partial charge in [0.15, 0.2) is 0 Å². The van der Waals surface area contributed by atoms with Crippen LogP contribution in [-0.4, -0.2) is 31.1 Å². The predicted molar refractivity (Wildman–Crippen MR) is 77.6 cm³/mol. The molecule has 0 amide bonds. The van der Waals surface area contributed by atoms with Crippen molar-refractivity contribution in [3.63, 3.8) is 0 Å². The molecular formula is C16H24F2N2. The summed E-state index contributed by atoms with van der Waals surface area (Å²) >= 11 is 0. The van der Waals surface area contributed by atoms with E-state index < -0.39 is 11.6 Å². The van der Waals surface area contributed by atoms with Gasteiger partial charge in [-0.2, -0.15) is 0 Å². The molecule has 2 rings (SSSR count). The number of rotatable bonds is 5. The molecule has 0 radical (unpaired) electrons. The van der Waals surface area contributed by atoms with E-state index in [1.165, 1.54) is 18.2 Å². The molecule has 1 atom stereocenters. The van der Waals surface area contributed by atoms with Crippen LogP contribution >= 0.6 is 0 Å². The Balaban J connectivity index is 2.24. The fourth-order valence-electron chi connectivity index (χ4n) is 2.82. The van der Waals surface area contributed by atoms with Gasteiger partial charge in [0.2, 0.25) is 0 Å². The second kappa shape index (κ2) is 7.14. The Labute approximate surface area is 120 Å². The van der Waals surface area contributed by atoms with Crippen molar-refractivity contribution in [2.75, 3.05) is 26.2 Å². The van der Waals surface area contributed by atoms with Gasteiger partial charge in [-0.3, -0.25) is 4.90 Å². The first-order valence-electron chi connectivity index (χ1n) is 7.48. The molecule has 1 fully saturated rings. The lowest BCUT2D eigenvalue weighted by atomic mass is 9.95. The molecule has 0 bridgehead atoms. The monoisotopic (exact) mass is 282 g/mol. The topological polar surface area (TPSA) is 15.3 Å². The van der Waals surface area contributed by atoms with Crippen LogP contribution in [0.2, 0.25) is 0 Å². The quantitative estimate of drug-likeness (QED) is 0.891. The van der Waals surface area contributed by atoms with Crippen LogP contribution in [0, 0.1) is 17.6 Å². The van der Waals surface area contributed by atoms with E-state index in [0.29, 0.717) is 5.92 Å². The third kappa shape index (κ3) is 3.76. The summed E-state index contributed by atoms with van der Waals surface area (Å²) in [5, 5.41) is 3.29. The third-order valence-corrected chi connectivity index (χ3v) is 3.94. The largest absolute Gasteiger partial charge is 0.314 e. The van der Waals surface area contributed by atoms with Gasteiger partial charge >= 0.3 is 0 Å². The Morgan fingerprint density at radius 2 is 1.70 bits per heavy atom. The Morgan fingerprint density at radius 3 is 2.25 bits per heavy atom. The number of nitrogens with zero attached hydrogens (tertiary/aromatic N) is 1. The Kier molecular flexibility index (Phi) is 5.49. The van der Waals surface area contributed by atoms with E-state index in [-0.39, 0.29) is 11.6 Å². The first-order valence-corrected chi connectivity index (χ1v) is 7.48. The van der Waals surface area contributed by atoms with Gasteiger partial charge in [0, 0.05) is 37.8 Å². The molecular weight excluding hydrogens is 258 g/mol. The van der Waals surface area contributed by atoms with Crippen molar-refractivity contribution in [1.82, 2.24) is 10.2 Å². The summed E-state index contributed by atoms with van der Waals surface area (Å²) in [6, 6.07) is 4.01. The van der Waals surface area contributed by atoms with Crippen molar-refractivity contribution in [2.24, 2.45) is 5.92 Å². The van der Waals surface area contributed by atoms with E-state index in [1.54, 1.807) is 0 Å². The average Bonchev–Trinajstić information content (AvgIpc) is 2.42. The maximum absolute atomic E-state index is 14.1. The summed E-state index contributed by atoms with van der Waals surface area (Å²) in [7, 11) is 0. The van der Waals surface area contributed by atoms with Gasteiger partial charge in [-0.25, -0.2) is 8.78 Å². The first kappa shape index (κ1) is 15.4. The zero-order valence-corrected chi connectivity index (χ0v) is 12.3. The SMILES string of the molecule is CC(C)CC[C@@H](c1c(F)cccc1F)N1CCNCC1. The minimum atomic E-state index is -0.419. The van der Waals surface area contributed by atoms with Gasteiger partial charge in [-0.15, -0.1) is 0 Å². The van der Waals surface area contributed by atoms with Crippen LogP contribution in [0.4, 0.5) is 8.78 Å². The molecule has 0 aromatic heterocycles. The molecule has 1 N–H and O–H groups in total. The minimum absolute atomic E-state index is 0.152. The number of hydrogen-bond donors (Lipinski definition) is 1. The van der Waals surface area contributed by atoms with E-state index in [1.807, 2.05) is 0 Å². The fraction of sp³-hybridized carbons (Fsp3) is 0.625. The van der Waals surface area contributed by atoms with Gasteiger partial charge in [0.1, 0.15) is 11.6 Å². The summed E-state index contributed by atoms with van der Waals surface area (Å²) in [6.07, 6.45) is 1.78. The van der Waals surface area contributed by atoms with Crippen LogP contribution in [0.25, 0.3) is 0 Å². The van der Waals surface area contributed by atoms with Gasteiger partial charge in [0.25, 0.3) is 0 Å². The number of halogens is 2. The highest BCUT2D eigenvalue weighted by Crippen LogP contribution is 2.31. The summed E-state index contributed by atoms with van der Waals surface area (Å²) in [5.41, 5.74) is 0.245. The van der Waals surface area contributed by atoms with Crippen LogP contribution in [-0.2, 0) is 0 Å². The van der Waals surface area contributed by atoms with E-state index in [9.17, 15) is 8.78 Å². The molecule has 20 heavy (non-hydrogen) atoms.